The molecule has 2 aromatic carbocycles. The number of aryl methyl sites for hydroxylation is 1. The maximum atomic E-state index is 12.4. The fourth-order valence-electron chi connectivity index (χ4n) is 3.01. The van der Waals surface area contributed by atoms with Crippen LogP contribution in [0.1, 0.15) is 18.1 Å². The van der Waals surface area contributed by atoms with E-state index >= 15 is 0 Å². The van der Waals surface area contributed by atoms with E-state index < -0.39 is 0 Å². The molecule has 0 spiro atoms. The predicted octanol–water partition coefficient (Wildman–Crippen LogP) is 4.59. The molecule has 0 saturated carbocycles. The number of methoxy groups -OCH3 is 2. The first kappa shape index (κ1) is 20.2. The number of anilines is 3. The molecule has 0 bridgehead atoms. The number of para-hydroxylation sites is 1. The quantitative estimate of drug-likeness (QED) is 0.588. The third kappa shape index (κ3) is 5.25. The van der Waals surface area contributed by atoms with Gasteiger partial charge in [0, 0.05) is 5.69 Å². The lowest BCUT2D eigenvalue weighted by atomic mass is 10.1. The molecule has 0 atom stereocenters. The Kier molecular flexibility index (Phi) is 6.68. The highest BCUT2D eigenvalue weighted by atomic mass is 16.5. The molecule has 3 aromatic rings. The van der Waals surface area contributed by atoms with Crippen LogP contribution in [0, 0.1) is 0 Å². The van der Waals surface area contributed by atoms with Crippen molar-refractivity contribution in [3.63, 3.8) is 0 Å². The number of ether oxygens (including phenoxy) is 2. The highest BCUT2D eigenvalue weighted by molar-refractivity contribution is 5.91. The van der Waals surface area contributed by atoms with Gasteiger partial charge in [-0.15, -0.1) is 0 Å². The van der Waals surface area contributed by atoms with E-state index in [2.05, 4.69) is 28.6 Å². The maximum Gasteiger partial charge on any atom is 0.229 e. The van der Waals surface area contributed by atoms with Crippen molar-refractivity contribution in [1.82, 2.24) is 4.98 Å². The van der Waals surface area contributed by atoms with Gasteiger partial charge in [0.25, 0.3) is 0 Å². The highest BCUT2D eigenvalue weighted by Crippen LogP contribution is 2.28. The van der Waals surface area contributed by atoms with Crippen molar-refractivity contribution in [2.45, 2.75) is 19.8 Å². The average Bonchev–Trinajstić information content (AvgIpc) is 2.75. The fourth-order valence-corrected chi connectivity index (χ4v) is 3.01. The second-order valence-electron chi connectivity index (χ2n) is 6.48. The molecular formula is C23H25N3O3. The van der Waals surface area contributed by atoms with Crippen molar-refractivity contribution in [3.8, 4) is 11.5 Å². The van der Waals surface area contributed by atoms with E-state index in [1.54, 1.807) is 38.6 Å². The molecule has 29 heavy (non-hydrogen) atoms. The van der Waals surface area contributed by atoms with Gasteiger partial charge in [-0.2, -0.15) is 0 Å². The maximum absolute atomic E-state index is 12.4. The Balaban J connectivity index is 1.61. The smallest absolute Gasteiger partial charge is 0.229 e. The van der Waals surface area contributed by atoms with Crippen molar-refractivity contribution >= 4 is 23.1 Å². The molecule has 0 fully saturated rings. The second-order valence-corrected chi connectivity index (χ2v) is 6.48. The third-order valence-electron chi connectivity index (χ3n) is 4.52. The third-order valence-corrected chi connectivity index (χ3v) is 4.52. The van der Waals surface area contributed by atoms with Crippen molar-refractivity contribution in [3.05, 3.63) is 71.9 Å². The summed E-state index contributed by atoms with van der Waals surface area (Å²) in [5.41, 5.74) is 3.99. The molecule has 0 aliphatic rings. The van der Waals surface area contributed by atoms with Gasteiger partial charge >= 0.3 is 0 Å². The topological polar surface area (TPSA) is 72.5 Å². The summed E-state index contributed by atoms with van der Waals surface area (Å²) in [6.45, 7) is 2.12. The minimum Gasteiger partial charge on any atom is -0.493 e. The summed E-state index contributed by atoms with van der Waals surface area (Å²) in [6.07, 6.45) is 2.87. The van der Waals surface area contributed by atoms with Crippen LogP contribution >= 0.6 is 0 Å². The van der Waals surface area contributed by atoms with Crippen LogP contribution in [0.25, 0.3) is 0 Å². The number of carbonyl (C=O) groups is 1. The number of pyridine rings is 1. The summed E-state index contributed by atoms with van der Waals surface area (Å²) < 4.78 is 10.5. The van der Waals surface area contributed by atoms with Crippen molar-refractivity contribution in [2.24, 2.45) is 0 Å². The Labute approximate surface area is 170 Å². The summed E-state index contributed by atoms with van der Waals surface area (Å²) >= 11 is 0. The van der Waals surface area contributed by atoms with Gasteiger partial charge in [-0.05, 0) is 47.9 Å². The van der Waals surface area contributed by atoms with Crippen LogP contribution in [-0.2, 0) is 17.6 Å². The lowest BCUT2D eigenvalue weighted by molar-refractivity contribution is -0.115. The monoisotopic (exact) mass is 391 g/mol. The minimum absolute atomic E-state index is 0.151. The van der Waals surface area contributed by atoms with Crippen molar-refractivity contribution in [1.29, 1.82) is 0 Å². The Morgan fingerprint density at radius 2 is 1.79 bits per heavy atom. The second kappa shape index (κ2) is 9.59. The highest BCUT2D eigenvalue weighted by Gasteiger charge is 2.09. The predicted molar refractivity (Wildman–Crippen MR) is 115 cm³/mol. The number of amides is 1. The van der Waals surface area contributed by atoms with E-state index in [1.165, 1.54) is 5.56 Å². The number of hydrogen-bond donors (Lipinski definition) is 2. The van der Waals surface area contributed by atoms with Gasteiger partial charge in [-0.3, -0.25) is 4.79 Å². The Morgan fingerprint density at radius 1 is 1.00 bits per heavy atom. The minimum atomic E-state index is -0.151. The molecule has 0 saturated heterocycles. The molecule has 1 amide bonds. The zero-order valence-electron chi connectivity index (χ0n) is 16.9. The number of carbonyl (C=O) groups excluding carboxylic acids is 1. The Morgan fingerprint density at radius 3 is 2.48 bits per heavy atom. The zero-order valence-corrected chi connectivity index (χ0v) is 16.9. The first-order valence-electron chi connectivity index (χ1n) is 9.44. The number of hydrogen-bond acceptors (Lipinski definition) is 5. The Hall–Kier alpha value is -3.54. The van der Waals surface area contributed by atoms with Crippen LogP contribution in [0.2, 0.25) is 0 Å². The molecule has 150 valence electrons. The molecule has 1 aromatic heterocycles. The lowest BCUT2D eigenvalue weighted by Crippen LogP contribution is -2.15. The lowest BCUT2D eigenvalue weighted by Gasteiger charge is -2.11. The summed E-state index contributed by atoms with van der Waals surface area (Å²) in [5.74, 6) is 1.58. The standard InChI is InChI=1S/C23H25N3O3/c1-4-17-7-5-6-8-19(17)25-18-10-12-22(24-15-18)26-23(27)14-16-9-11-20(28-2)21(13-16)29-3/h5-13,15,25H,4,14H2,1-3H3,(H,24,26,27). The largest absolute Gasteiger partial charge is 0.493 e. The molecule has 1 heterocycles. The molecule has 3 rings (SSSR count). The van der Waals surface area contributed by atoms with Gasteiger partial charge in [0.05, 0.1) is 32.5 Å². The number of benzene rings is 2. The van der Waals surface area contributed by atoms with E-state index in [4.69, 9.17) is 9.47 Å². The van der Waals surface area contributed by atoms with Gasteiger partial charge in [0.1, 0.15) is 5.82 Å². The van der Waals surface area contributed by atoms with Crippen LogP contribution in [-0.4, -0.2) is 25.1 Å². The normalized spacial score (nSPS) is 10.3. The summed E-state index contributed by atoms with van der Waals surface area (Å²) in [7, 11) is 3.15. The first-order chi connectivity index (χ1) is 14.1. The average molecular weight is 391 g/mol. The number of nitrogens with zero attached hydrogens (tertiary/aromatic N) is 1. The molecule has 2 N–H and O–H groups in total. The number of rotatable bonds is 8. The molecule has 0 radical (unpaired) electrons. The molecule has 6 heteroatoms. The first-order valence-corrected chi connectivity index (χ1v) is 9.44. The van der Waals surface area contributed by atoms with E-state index in [-0.39, 0.29) is 12.3 Å². The Bertz CT molecular complexity index is 971. The zero-order chi connectivity index (χ0) is 20.6. The van der Waals surface area contributed by atoms with Gasteiger partial charge in [0.15, 0.2) is 11.5 Å². The molecule has 0 aliphatic heterocycles. The van der Waals surface area contributed by atoms with Crippen LogP contribution in [0.15, 0.2) is 60.8 Å². The van der Waals surface area contributed by atoms with Gasteiger partial charge in [0.2, 0.25) is 5.91 Å². The summed E-state index contributed by atoms with van der Waals surface area (Å²) in [5, 5.41) is 6.19. The molecule has 6 nitrogen and oxygen atoms in total. The van der Waals surface area contributed by atoms with Crippen molar-refractivity contribution in [2.75, 3.05) is 24.9 Å². The summed E-state index contributed by atoms with van der Waals surface area (Å²) in [6, 6.07) is 17.3. The summed E-state index contributed by atoms with van der Waals surface area (Å²) in [4.78, 5) is 16.7. The number of aromatic nitrogens is 1. The van der Waals surface area contributed by atoms with E-state index in [1.807, 2.05) is 30.3 Å². The molecular weight excluding hydrogens is 366 g/mol. The molecule has 0 unspecified atom stereocenters. The van der Waals surface area contributed by atoms with Crippen LogP contribution in [0.3, 0.4) is 0 Å². The van der Waals surface area contributed by atoms with Crippen LogP contribution in [0.4, 0.5) is 17.2 Å². The SMILES string of the molecule is CCc1ccccc1Nc1ccc(NC(=O)Cc2ccc(OC)c(OC)c2)nc1. The van der Waals surface area contributed by atoms with E-state index in [0.29, 0.717) is 17.3 Å². The molecule has 0 aliphatic carbocycles. The van der Waals surface area contributed by atoms with Crippen molar-refractivity contribution < 1.29 is 14.3 Å². The van der Waals surface area contributed by atoms with Gasteiger partial charge in [-0.25, -0.2) is 4.98 Å². The van der Waals surface area contributed by atoms with Gasteiger partial charge in [-0.1, -0.05) is 31.2 Å². The fraction of sp³-hybridized carbons (Fsp3) is 0.217. The van der Waals surface area contributed by atoms with Crippen LogP contribution in [0.5, 0.6) is 11.5 Å². The van der Waals surface area contributed by atoms with E-state index in [0.717, 1.165) is 23.4 Å². The number of nitrogens with one attached hydrogen (secondary N) is 2. The van der Waals surface area contributed by atoms with E-state index in [9.17, 15) is 4.79 Å². The van der Waals surface area contributed by atoms with Gasteiger partial charge < -0.3 is 20.1 Å². The van der Waals surface area contributed by atoms with Crippen LogP contribution < -0.4 is 20.1 Å².